The highest BCUT2D eigenvalue weighted by Gasteiger charge is 2.34. The van der Waals surface area contributed by atoms with Crippen molar-refractivity contribution in [3.05, 3.63) is 47.2 Å². The Balaban J connectivity index is 2.39. The van der Waals surface area contributed by atoms with Crippen molar-refractivity contribution in [2.24, 2.45) is 0 Å². The normalized spacial score (nSPS) is 17.8. The van der Waals surface area contributed by atoms with Crippen molar-refractivity contribution in [3.8, 4) is 0 Å². The van der Waals surface area contributed by atoms with Gasteiger partial charge in [0.15, 0.2) is 5.78 Å². The fourth-order valence-electron chi connectivity index (χ4n) is 2.66. The summed E-state index contributed by atoms with van der Waals surface area (Å²) in [7, 11) is 0. The zero-order valence-electron chi connectivity index (χ0n) is 13.5. The number of carbonyl (C=O) groups is 3. The lowest BCUT2D eigenvalue weighted by Crippen LogP contribution is -2.49. The Morgan fingerprint density at radius 2 is 1.91 bits per heavy atom. The maximum atomic E-state index is 12.4. The second-order valence-corrected chi connectivity index (χ2v) is 5.24. The van der Waals surface area contributed by atoms with Crippen molar-refractivity contribution < 1.29 is 19.1 Å². The van der Waals surface area contributed by atoms with Crippen LogP contribution < -0.4 is 5.32 Å². The maximum absolute atomic E-state index is 12.4. The fourth-order valence-corrected chi connectivity index (χ4v) is 2.66. The average Bonchev–Trinajstić information content (AvgIpc) is 2.51. The number of carbonyl (C=O) groups excluding carboxylic acids is 3. The topological polar surface area (TPSA) is 75.7 Å². The first kappa shape index (κ1) is 16.7. The van der Waals surface area contributed by atoms with Gasteiger partial charge in [0.2, 0.25) is 0 Å². The summed E-state index contributed by atoms with van der Waals surface area (Å²) < 4.78 is 4.88. The van der Waals surface area contributed by atoms with E-state index in [1.54, 1.807) is 13.8 Å². The minimum atomic E-state index is -0.514. The highest BCUT2D eigenvalue weighted by Crippen LogP contribution is 2.30. The molecule has 1 aromatic rings. The van der Waals surface area contributed by atoms with E-state index < -0.39 is 18.0 Å². The van der Waals surface area contributed by atoms with Gasteiger partial charge in [-0.05, 0) is 26.3 Å². The number of hydrogen-bond acceptors (Lipinski definition) is 4. The van der Waals surface area contributed by atoms with Gasteiger partial charge in [0, 0.05) is 11.3 Å². The monoisotopic (exact) mass is 316 g/mol. The van der Waals surface area contributed by atoms with E-state index in [2.05, 4.69) is 5.32 Å². The second kappa shape index (κ2) is 7.09. The first-order valence-corrected chi connectivity index (χ1v) is 7.46. The Morgan fingerprint density at radius 1 is 1.26 bits per heavy atom. The number of benzene rings is 1. The largest absolute Gasteiger partial charge is 0.465 e. The molecule has 0 fully saturated rings. The van der Waals surface area contributed by atoms with Crippen molar-refractivity contribution in [1.29, 1.82) is 0 Å². The quantitative estimate of drug-likeness (QED) is 0.845. The smallest absolute Gasteiger partial charge is 0.326 e. The molecule has 1 aliphatic heterocycles. The van der Waals surface area contributed by atoms with Gasteiger partial charge in [0.1, 0.15) is 6.54 Å². The predicted octanol–water partition coefficient (Wildman–Crippen LogP) is 2.18. The summed E-state index contributed by atoms with van der Waals surface area (Å²) in [6.45, 7) is 4.84. The van der Waals surface area contributed by atoms with E-state index >= 15 is 0 Å². The molecule has 1 heterocycles. The summed E-state index contributed by atoms with van der Waals surface area (Å²) >= 11 is 0. The molecule has 1 unspecified atom stereocenters. The molecule has 0 bridgehead atoms. The molecule has 2 amide bonds. The summed E-state index contributed by atoms with van der Waals surface area (Å²) in [5, 5.41) is 2.79. The molecule has 1 atom stereocenters. The molecule has 0 radical (unpaired) electrons. The van der Waals surface area contributed by atoms with E-state index in [-0.39, 0.29) is 18.9 Å². The summed E-state index contributed by atoms with van der Waals surface area (Å²) in [5.74, 6) is -0.659. The van der Waals surface area contributed by atoms with Gasteiger partial charge in [-0.2, -0.15) is 0 Å². The fraction of sp³-hybridized carbons (Fsp3) is 0.353. The van der Waals surface area contributed by atoms with Crippen LogP contribution in [0.15, 0.2) is 41.6 Å². The molecule has 23 heavy (non-hydrogen) atoms. The number of ether oxygens (including phenoxy) is 1. The minimum absolute atomic E-state index is 0.148. The van der Waals surface area contributed by atoms with Gasteiger partial charge in [-0.1, -0.05) is 30.3 Å². The molecule has 2 rings (SSSR count). The zero-order chi connectivity index (χ0) is 17.0. The van der Waals surface area contributed by atoms with Gasteiger partial charge >= 0.3 is 12.0 Å². The van der Waals surface area contributed by atoms with Crippen LogP contribution in [0, 0.1) is 0 Å². The van der Waals surface area contributed by atoms with E-state index in [0.717, 1.165) is 5.56 Å². The number of nitrogens with zero attached hydrogens (tertiary/aromatic N) is 1. The molecular formula is C17H20N2O4. The lowest BCUT2D eigenvalue weighted by Gasteiger charge is -2.35. The van der Waals surface area contributed by atoms with Crippen LogP contribution in [0.1, 0.15) is 32.4 Å². The van der Waals surface area contributed by atoms with Crippen molar-refractivity contribution in [2.75, 3.05) is 13.2 Å². The van der Waals surface area contributed by atoms with Gasteiger partial charge in [-0.3, -0.25) is 14.5 Å². The summed E-state index contributed by atoms with van der Waals surface area (Å²) in [6.07, 6.45) is 0. The van der Waals surface area contributed by atoms with Crippen LogP contribution in [0.4, 0.5) is 4.79 Å². The molecule has 0 saturated heterocycles. The van der Waals surface area contributed by atoms with Gasteiger partial charge in [0.05, 0.1) is 12.6 Å². The van der Waals surface area contributed by atoms with Crippen LogP contribution in [-0.2, 0) is 14.3 Å². The number of amides is 2. The van der Waals surface area contributed by atoms with E-state index in [1.165, 1.54) is 11.8 Å². The number of esters is 1. The molecule has 0 aliphatic carbocycles. The van der Waals surface area contributed by atoms with Crippen molar-refractivity contribution in [1.82, 2.24) is 10.2 Å². The second-order valence-electron chi connectivity index (χ2n) is 5.24. The standard InChI is InChI=1S/C17H20N2O4/c1-4-23-14(21)10-19-11(2)15(12(3)20)16(18-17(19)22)13-8-6-5-7-9-13/h5-9,16H,4,10H2,1-3H3,(H,18,22). The van der Waals surface area contributed by atoms with Crippen LogP contribution in [0.3, 0.4) is 0 Å². The van der Waals surface area contributed by atoms with Crippen LogP contribution in [-0.4, -0.2) is 35.8 Å². The minimum Gasteiger partial charge on any atom is -0.465 e. The maximum Gasteiger partial charge on any atom is 0.326 e. The third kappa shape index (κ3) is 3.59. The number of rotatable bonds is 5. The van der Waals surface area contributed by atoms with Crippen LogP contribution in [0.5, 0.6) is 0 Å². The Morgan fingerprint density at radius 3 is 2.48 bits per heavy atom. The van der Waals surface area contributed by atoms with Crippen molar-refractivity contribution in [2.45, 2.75) is 26.8 Å². The number of urea groups is 1. The van der Waals surface area contributed by atoms with E-state index in [9.17, 15) is 14.4 Å². The van der Waals surface area contributed by atoms with E-state index in [0.29, 0.717) is 11.3 Å². The molecule has 1 aromatic carbocycles. The van der Waals surface area contributed by atoms with Crippen LogP contribution >= 0.6 is 0 Å². The molecule has 1 N–H and O–H groups in total. The van der Waals surface area contributed by atoms with Crippen LogP contribution in [0.25, 0.3) is 0 Å². The molecule has 0 saturated carbocycles. The number of hydrogen-bond donors (Lipinski definition) is 1. The van der Waals surface area contributed by atoms with E-state index in [1.807, 2.05) is 30.3 Å². The number of nitrogens with one attached hydrogen (secondary N) is 1. The predicted molar refractivity (Wildman–Crippen MR) is 84.4 cm³/mol. The first-order chi connectivity index (χ1) is 11.0. The summed E-state index contributed by atoms with van der Waals surface area (Å²) in [5.41, 5.74) is 1.77. The average molecular weight is 316 g/mol. The Labute approximate surface area is 135 Å². The Kier molecular flexibility index (Phi) is 5.16. The lowest BCUT2D eigenvalue weighted by molar-refractivity contribution is -0.143. The molecule has 6 heteroatoms. The molecule has 0 aromatic heterocycles. The number of Topliss-reactive ketones (excluding diaryl/α,β-unsaturated/α-hetero) is 1. The SMILES string of the molecule is CCOC(=O)CN1C(=O)NC(c2ccccc2)C(C(C)=O)=C1C. The Hall–Kier alpha value is -2.63. The zero-order valence-corrected chi connectivity index (χ0v) is 13.5. The Bertz CT molecular complexity index is 652. The van der Waals surface area contributed by atoms with Crippen molar-refractivity contribution >= 4 is 17.8 Å². The molecule has 1 aliphatic rings. The number of allylic oxidation sites excluding steroid dienone is 1. The van der Waals surface area contributed by atoms with Gasteiger partial charge < -0.3 is 10.1 Å². The third-order valence-electron chi connectivity index (χ3n) is 3.70. The number of ketones is 1. The highest BCUT2D eigenvalue weighted by atomic mass is 16.5. The molecular weight excluding hydrogens is 296 g/mol. The van der Waals surface area contributed by atoms with E-state index in [4.69, 9.17) is 4.74 Å². The summed E-state index contributed by atoms with van der Waals surface area (Å²) in [4.78, 5) is 37.4. The van der Waals surface area contributed by atoms with Gasteiger partial charge in [0.25, 0.3) is 0 Å². The highest BCUT2D eigenvalue weighted by molar-refractivity contribution is 5.99. The van der Waals surface area contributed by atoms with Crippen LogP contribution in [0.2, 0.25) is 0 Å². The third-order valence-corrected chi connectivity index (χ3v) is 3.70. The molecule has 122 valence electrons. The van der Waals surface area contributed by atoms with Gasteiger partial charge in [-0.15, -0.1) is 0 Å². The van der Waals surface area contributed by atoms with Crippen molar-refractivity contribution in [3.63, 3.8) is 0 Å². The molecule has 0 spiro atoms. The first-order valence-electron chi connectivity index (χ1n) is 7.46. The lowest BCUT2D eigenvalue weighted by atomic mass is 9.92. The molecule has 6 nitrogen and oxygen atoms in total. The van der Waals surface area contributed by atoms with Gasteiger partial charge in [-0.25, -0.2) is 4.79 Å². The summed E-state index contributed by atoms with van der Waals surface area (Å²) in [6, 6.07) is 8.32.